The molecule has 0 amide bonds. The van der Waals surface area contributed by atoms with Gasteiger partial charge in [0.2, 0.25) is 0 Å². The molecular weight excluding hydrogens is 244 g/mol. The Morgan fingerprint density at radius 1 is 1.39 bits per heavy atom. The van der Waals surface area contributed by atoms with E-state index in [4.69, 9.17) is 5.73 Å². The number of nitrogens with two attached hydrogens (primary N) is 1. The number of pyridine rings is 1. The zero-order valence-corrected chi connectivity index (χ0v) is 11.2. The second-order valence-electron chi connectivity index (χ2n) is 4.71. The highest BCUT2D eigenvalue weighted by Crippen LogP contribution is 2.27. The second-order valence-corrected chi connectivity index (χ2v) is 6.12. The van der Waals surface area contributed by atoms with Gasteiger partial charge in [-0.15, -0.1) is 0 Å². The van der Waals surface area contributed by atoms with Crippen LogP contribution in [-0.2, 0) is 13.0 Å². The maximum atomic E-state index is 5.72. The molecule has 0 saturated carbocycles. The van der Waals surface area contributed by atoms with Crippen molar-refractivity contribution >= 4 is 17.4 Å². The van der Waals surface area contributed by atoms with E-state index in [-0.39, 0.29) is 0 Å². The molecule has 2 aromatic heterocycles. The van der Waals surface area contributed by atoms with E-state index in [2.05, 4.69) is 21.8 Å². The van der Waals surface area contributed by atoms with Gasteiger partial charge in [-0.1, -0.05) is 12.5 Å². The Morgan fingerprint density at radius 3 is 3.11 bits per heavy atom. The summed E-state index contributed by atoms with van der Waals surface area (Å²) in [6.07, 6.45) is 4.98. The third-order valence-electron chi connectivity index (χ3n) is 3.38. The first kappa shape index (κ1) is 12.0. The van der Waals surface area contributed by atoms with Crippen LogP contribution in [0.25, 0.3) is 5.65 Å². The zero-order valence-electron chi connectivity index (χ0n) is 10.4. The van der Waals surface area contributed by atoms with Gasteiger partial charge in [0, 0.05) is 18.2 Å². The van der Waals surface area contributed by atoms with E-state index in [1.165, 1.54) is 25.0 Å². The molecule has 1 saturated heterocycles. The summed E-state index contributed by atoms with van der Waals surface area (Å²) in [5, 5.41) is 5.28. The first-order valence-electron chi connectivity index (χ1n) is 6.52. The topological polar surface area (TPSA) is 56.2 Å². The van der Waals surface area contributed by atoms with Crippen molar-refractivity contribution in [1.82, 2.24) is 14.6 Å². The summed E-state index contributed by atoms with van der Waals surface area (Å²) >= 11 is 2.06. The molecule has 96 valence electrons. The number of hydrogen-bond donors (Lipinski definition) is 1. The van der Waals surface area contributed by atoms with Crippen molar-refractivity contribution in [3.8, 4) is 0 Å². The van der Waals surface area contributed by atoms with Crippen molar-refractivity contribution in [1.29, 1.82) is 0 Å². The normalized spacial score (nSPS) is 20.4. The van der Waals surface area contributed by atoms with E-state index in [1.807, 2.05) is 22.7 Å². The van der Waals surface area contributed by atoms with Crippen LogP contribution >= 0.6 is 11.8 Å². The van der Waals surface area contributed by atoms with Gasteiger partial charge in [-0.2, -0.15) is 16.9 Å². The minimum Gasteiger partial charge on any atom is -0.325 e. The lowest BCUT2D eigenvalue weighted by molar-refractivity contribution is 0.646. The fourth-order valence-corrected chi connectivity index (χ4v) is 3.72. The minimum atomic E-state index is 0.498. The summed E-state index contributed by atoms with van der Waals surface area (Å²) in [6, 6.07) is 5.98. The summed E-state index contributed by atoms with van der Waals surface area (Å²) in [5.74, 6) is 2.24. The van der Waals surface area contributed by atoms with Crippen molar-refractivity contribution in [2.75, 3.05) is 5.75 Å². The number of fused-ring (bicyclic) bond motifs is 1. The Morgan fingerprint density at radius 2 is 2.33 bits per heavy atom. The molecule has 4 nitrogen and oxygen atoms in total. The van der Waals surface area contributed by atoms with E-state index in [0.717, 1.165) is 23.6 Å². The monoisotopic (exact) mass is 262 g/mol. The average Bonchev–Trinajstić information content (AvgIpc) is 2.82. The standard InChI is InChI=1S/C13H18N4S/c14-9-10-4-3-6-13-15-12(16-17(10)13)8-11-5-1-2-7-18-11/h3-4,6,11H,1-2,5,7-9,14H2. The summed E-state index contributed by atoms with van der Waals surface area (Å²) < 4.78 is 1.88. The van der Waals surface area contributed by atoms with Crippen molar-refractivity contribution in [3.05, 3.63) is 29.7 Å². The van der Waals surface area contributed by atoms with Gasteiger partial charge in [-0.25, -0.2) is 9.50 Å². The summed E-state index contributed by atoms with van der Waals surface area (Å²) in [5.41, 5.74) is 7.64. The largest absolute Gasteiger partial charge is 0.325 e. The lowest BCUT2D eigenvalue weighted by Crippen LogP contribution is -2.13. The predicted octanol–water partition coefficient (Wildman–Crippen LogP) is 2.02. The number of rotatable bonds is 3. The highest BCUT2D eigenvalue weighted by Gasteiger charge is 2.17. The van der Waals surface area contributed by atoms with Crippen LogP contribution in [0.5, 0.6) is 0 Å². The quantitative estimate of drug-likeness (QED) is 0.919. The van der Waals surface area contributed by atoms with Crippen LogP contribution in [-0.4, -0.2) is 25.6 Å². The Hall–Kier alpha value is -1.07. The van der Waals surface area contributed by atoms with Gasteiger partial charge in [-0.05, 0) is 30.7 Å². The van der Waals surface area contributed by atoms with Crippen LogP contribution in [0.2, 0.25) is 0 Å². The fourth-order valence-electron chi connectivity index (χ4n) is 2.42. The molecule has 1 atom stereocenters. The van der Waals surface area contributed by atoms with E-state index in [1.54, 1.807) is 0 Å². The van der Waals surface area contributed by atoms with Gasteiger partial charge in [-0.3, -0.25) is 0 Å². The van der Waals surface area contributed by atoms with Gasteiger partial charge >= 0.3 is 0 Å². The van der Waals surface area contributed by atoms with Crippen molar-refractivity contribution in [2.24, 2.45) is 5.73 Å². The summed E-state index contributed by atoms with van der Waals surface area (Å²) in [4.78, 5) is 4.60. The van der Waals surface area contributed by atoms with E-state index < -0.39 is 0 Å². The molecule has 18 heavy (non-hydrogen) atoms. The summed E-state index contributed by atoms with van der Waals surface area (Å²) in [7, 11) is 0. The van der Waals surface area contributed by atoms with Gasteiger partial charge < -0.3 is 5.73 Å². The molecule has 2 N–H and O–H groups in total. The third kappa shape index (κ3) is 2.37. The van der Waals surface area contributed by atoms with E-state index in [9.17, 15) is 0 Å². The van der Waals surface area contributed by atoms with Gasteiger partial charge in [0.1, 0.15) is 0 Å². The van der Waals surface area contributed by atoms with Crippen LogP contribution in [0.15, 0.2) is 18.2 Å². The second kappa shape index (κ2) is 5.28. The lowest BCUT2D eigenvalue weighted by atomic mass is 10.1. The molecule has 0 bridgehead atoms. The fraction of sp³-hybridized carbons (Fsp3) is 0.538. The average molecular weight is 262 g/mol. The molecule has 5 heteroatoms. The highest BCUT2D eigenvalue weighted by atomic mass is 32.2. The van der Waals surface area contributed by atoms with Gasteiger partial charge in [0.25, 0.3) is 0 Å². The predicted molar refractivity (Wildman–Crippen MR) is 74.7 cm³/mol. The van der Waals surface area contributed by atoms with Crippen molar-refractivity contribution in [3.63, 3.8) is 0 Å². The number of thioether (sulfide) groups is 1. The molecule has 1 unspecified atom stereocenters. The molecule has 0 spiro atoms. The first-order chi connectivity index (χ1) is 8.86. The molecule has 0 aromatic carbocycles. The van der Waals surface area contributed by atoms with Gasteiger partial charge in [0.15, 0.2) is 11.5 Å². The minimum absolute atomic E-state index is 0.498. The Labute approximate surface area is 111 Å². The number of aromatic nitrogens is 3. The third-order valence-corrected chi connectivity index (χ3v) is 4.77. The van der Waals surface area contributed by atoms with Crippen LogP contribution in [0.3, 0.4) is 0 Å². The zero-order chi connectivity index (χ0) is 12.4. The van der Waals surface area contributed by atoms with Crippen molar-refractivity contribution in [2.45, 2.75) is 37.5 Å². The molecule has 3 heterocycles. The van der Waals surface area contributed by atoms with Crippen LogP contribution in [0.1, 0.15) is 30.8 Å². The molecular formula is C13H18N4S. The lowest BCUT2D eigenvalue weighted by Gasteiger charge is -2.19. The molecule has 1 aliphatic heterocycles. The van der Waals surface area contributed by atoms with Crippen LogP contribution in [0.4, 0.5) is 0 Å². The Bertz CT molecular complexity index is 531. The molecule has 3 rings (SSSR count). The van der Waals surface area contributed by atoms with Crippen LogP contribution < -0.4 is 5.73 Å². The SMILES string of the molecule is NCc1cccc2nc(CC3CCCCS3)nn12. The van der Waals surface area contributed by atoms with E-state index >= 15 is 0 Å². The summed E-state index contributed by atoms with van der Waals surface area (Å²) in [6.45, 7) is 0.498. The van der Waals surface area contributed by atoms with Gasteiger partial charge in [0.05, 0.1) is 5.69 Å². The van der Waals surface area contributed by atoms with Crippen LogP contribution in [0, 0.1) is 0 Å². The Kier molecular flexibility index (Phi) is 3.52. The van der Waals surface area contributed by atoms with Crippen molar-refractivity contribution < 1.29 is 0 Å². The maximum Gasteiger partial charge on any atom is 0.155 e. The highest BCUT2D eigenvalue weighted by molar-refractivity contribution is 7.99. The molecule has 1 fully saturated rings. The molecule has 2 aromatic rings. The number of hydrogen-bond acceptors (Lipinski definition) is 4. The Balaban J connectivity index is 1.84. The first-order valence-corrected chi connectivity index (χ1v) is 7.57. The smallest absolute Gasteiger partial charge is 0.155 e. The molecule has 0 aliphatic carbocycles. The number of nitrogens with zero attached hydrogens (tertiary/aromatic N) is 3. The molecule has 0 radical (unpaired) electrons. The maximum absolute atomic E-state index is 5.72. The molecule has 1 aliphatic rings. The van der Waals surface area contributed by atoms with E-state index in [0.29, 0.717) is 11.8 Å².